The van der Waals surface area contributed by atoms with E-state index in [4.69, 9.17) is 11.6 Å². The van der Waals surface area contributed by atoms with Crippen molar-refractivity contribution < 1.29 is 0 Å². The molecule has 1 atom stereocenters. The van der Waals surface area contributed by atoms with Gasteiger partial charge in [0.2, 0.25) is 0 Å². The fourth-order valence-electron chi connectivity index (χ4n) is 2.95. The molecule has 3 heteroatoms. The van der Waals surface area contributed by atoms with E-state index in [1.807, 2.05) is 23.9 Å². The van der Waals surface area contributed by atoms with Crippen molar-refractivity contribution in [1.82, 2.24) is 0 Å². The molecule has 4 rings (SSSR count). The molecule has 1 aliphatic heterocycles. The highest BCUT2D eigenvalue weighted by atomic mass is 35.5. The summed E-state index contributed by atoms with van der Waals surface area (Å²) in [4.78, 5) is 3.70. The molecule has 0 amide bonds. The van der Waals surface area contributed by atoms with Crippen molar-refractivity contribution >= 4 is 39.8 Å². The minimum atomic E-state index is 0.336. The molecule has 0 saturated carbocycles. The summed E-state index contributed by atoms with van der Waals surface area (Å²) in [5.74, 6) is 0. The van der Waals surface area contributed by atoms with Crippen LogP contribution >= 0.6 is 23.4 Å². The second-order valence-electron chi connectivity index (χ2n) is 5.27. The second-order valence-corrected chi connectivity index (χ2v) is 6.83. The lowest BCUT2D eigenvalue weighted by atomic mass is 10.1. The number of fused-ring (bicyclic) bond motifs is 3. The number of hydrogen-bond acceptors (Lipinski definition) is 2. The average molecular weight is 312 g/mol. The van der Waals surface area contributed by atoms with Crippen LogP contribution in [-0.2, 0) is 0 Å². The first-order valence-electron chi connectivity index (χ1n) is 6.91. The van der Waals surface area contributed by atoms with E-state index in [9.17, 15) is 0 Å². The lowest BCUT2D eigenvalue weighted by molar-refractivity contribution is 0.918. The van der Waals surface area contributed by atoms with Gasteiger partial charge in [-0.25, -0.2) is 0 Å². The van der Waals surface area contributed by atoms with Crippen molar-refractivity contribution in [2.24, 2.45) is 0 Å². The first kappa shape index (κ1) is 13.1. The molecule has 3 aromatic rings. The van der Waals surface area contributed by atoms with Gasteiger partial charge in [-0.05, 0) is 29.1 Å². The van der Waals surface area contributed by atoms with Crippen LogP contribution in [0.15, 0.2) is 65.6 Å². The van der Waals surface area contributed by atoms with Gasteiger partial charge in [0.15, 0.2) is 0 Å². The van der Waals surface area contributed by atoms with E-state index in [0.29, 0.717) is 5.37 Å². The molecule has 0 saturated heterocycles. The molecule has 0 bridgehead atoms. The van der Waals surface area contributed by atoms with E-state index in [-0.39, 0.29) is 0 Å². The molecule has 1 aliphatic rings. The van der Waals surface area contributed by atoms with Crippen LogP contribution in [0.5, 0.6) is 0 Å². The summed E-state index contributed by atoms with van der Waals surface area (Å²) in [5, 5.41) is 3.59. The standard InChI is InChI=1S/C18H14ClNS/c1-20-17-15-9-8-14(19)11-13(15)7-10-16(17)21-18(20)12-5-3-2-4-6-12/h2-11,18H,1H3. The average Bonchev–Trinajstić information content (AvgIpc) is 2.85. The van der Waals surface area contributed by atoms with Gasteiger partial charge in [0, 0.05) is 22.4 Å². The van der Waals surface area contributed by atoms with Gasteiger partial charge in [-0.2, -0.15) is 0 Å². The van der Waals surface area contributed by atoms with Crippen LogP contribution in [0.2, 0.25) is 5.02 Å². The summed E-state index contributed by atoms with van der Waals surface area (Å²) in [5.41, 5.74) is 2.64. The molecule has 0 radical (unpaired) electrons. The fraction of sp³-hybridized carbons (Fsp3) is 0.111. The number of hydrogen-bond donors (Lipinski definition) is 0. The molecule has 3 aromatic carbocycles. The Morgan fingerprint density at radius 3 is 2.62 bits per heavy atom. The Kier molecular flexibility index (Phi) is 3.09. The summed E-state index contributed by atoms with van der Waals surface area (Å²) in [6, 6.07) is 21.2. The van der Waals surface area contributed by atoms with E-state index in [2.05, 4.69) is 60.5 Å². The summed E-state index contributed by atoms with van der Waals surface area (Å²) in [6.07, 6.45) is 0. The molecule has 1 nitrogen and oxygen atoms in total. The third kappa shape index (κ3) is 2.10. The maximum Gasteiger partial charge on any atom is 0.105 e. The van der Waals surface area contributed by atoms with Crippen molar-refractivity contribution in [3.05, 3.63) is 71.2 Å². The van der Waals surface area contributed by atoms with Gasteiger partial charge >= 0.3 is 0 Å². The Balaban J connectivity index is 1.86. The number of halogens is 1. The monoisotopic (exact) mass is 311 g/mol. The van der Waals surface area contributed by atoms with Gasteiger partial charge in [0.1, 0.15) is 5.37 Å². The number of rotatable bonds is 1. The third-order valence-corrected chi connectivity index (χ3v) is 5.57. The Morgan fingerprint density at radius 2 is 1.81 bits per heavy atom. The number of anilines is 1. The van der Waals surface area contributed by atoms with Gasteiger partial charge in [-0.1, -0.05) is 65.8 Å². The Morgan fingerprint density at radius 1 is 1.00 bits per heavy atom. The van der Waals surface area contributed by atoms with Gasteiger partial charge in [-0.3, -0.25) is 0 Å². The summed E-state index contributed by atoms with van der Waals surface area (Å²) < 4.78 is 0. The number of benzene rings is 3. The zero-order chi connectivity index (χ0) is 14.4. The SMILES string of the molecule is CN1c2c(ccc3cc(Cl)ccc23)SC1c1ccccc1. The second kappa shape index (κ2) is 4.97. The normalized spacial score (nSPS) is 17.2. The predicted octanol–water partition coefficient (Wildman–Crippen LogP) is 5.73. The van der Waals surface area contributed by atoms with Crippen molar-refractivity contribution in [2.45, 2.75) is 10.3 Å². The van der Waals surface area contributed by atoms with Crippen LogP contribution in [0.1, 0.15) is 10.9 Å². The van der Waals surface area contributed by atoms with Crippen LogP contribution in [-0.4, -0.2) is 7.05 Å². The molecular weight excluding hydrogens is 298 g/mol. The van der Waals surface area contributed by atoms with Crippen molar-refractivity contribution in [3.63, 3.8) is 0 Å². The molecule has 104 valence electrons. The molecule has 0 aliphatic carbocycles. The molecule has 1 unspecified atom stereocenters. The van der Waals surface area contributed by atoms with Gasteiger partial charge in [-0.15, -0.1) is 0 Å². The highest BCUT2D eigenvalue weighted by Gasteiger charge is 2.29. The van der Waals surface area contributed by atoms with Crippen LogP contribution in [0.3, 0.4) is 0 Å². The lowest BCUT2D eigenvalue weighted by Crippen LogP contribution is -2.17. The smallest absolute Gasteiger partial charge is 0.105 e. The van der Waals surface area contributed by atoms with Gasteiger partial charge in [0.25, 0.3) is 0 Å². The third-order valence-electron chi connectivity index (χ3n) is 3.94. The number of thioether (sulfide) groups is 1. The summed E-state index contributed by atoms with van der Waals surface area (Å²) in [7, 11) is 2.17. The van der Waals surface area contributed by atoms with Crippen molar-refractivity contribution in [1.29, 1.82) is 0 Å². The van der Waals surface area contributed by atoms with Crippen LogP contribution < -0.4 is 4.90 Å². The quantitative estimate of drug-likeness (QED) is 0.564. The van der Waals surface area contributed by atoms with E-state index in [1.54, 1.807) is 0 Å². The van der Waals surface area contributed by atoms with Crippen molar-refractivity contribution in [3.8, 4) is 0 Å². The fourth-order valence-corrected chi connectivity index (χ4v) is 4.44. The Labute approximate surface area is 133 Å². The molecule has 1 heterocycles. The predicted molar refractivity (Wildman–Crippen MR) is 92.4 cm³/mol. The van der Waals surface area contributed by atoms with Gasteiger partial charge in [0.05, 0.1) is 5.69 Å². The van der Waals surface area contributed by atoms with Gasteiger partial charge < -0.3 is 4.90 Å². The van der Waals surface area contributed by atoms with Crippen LogP contribution in [0.4, 0.5) is 5.69 Å². The minimum Gasteiger partial charge on any atom is -0.357 e. The van der Waals surface area contributed by atoms with E-state index in [1.165, 1.54) is 26.9 Å². The molecular formula is C18H14ClNS. The van der Waals surface area contributed by atoms with Crippen molar-refractivity contribution in [2.75, 3.05) is 11.9 Å². The molecule has 0 aromatic heterocycles. The highest BCUT2D eigenvalue weighted by molar-refractivity contribution is 8.00. The van der Waals surface area contributed by atoms with E-state index >= 15 is 0 Å². The molecule has 0 fully saturated rings. The Bertz CT molecular complexity index is 816. The highest BCUT2D eigenvalue weighted by Crippen LogP contribution is 2.53. The zero-order valence-corrected chi connectivity index (χ0v) is 13.2. The molecule has 21 heavy (non-hydrogen) atoms. The minimum absolute atomic E-state index is 0.336. The van der Waals surface area contributed by atoms with E-state index < -0.39 is 0 Å². The largest absolute Gasteiger partial charge is 0.357 e. The first-order valence-corrected chi connectivity index (χ1v) is 8.16. The van der Waals surface area contributed by atoms with Crippen LogP contribution in [0.25, 0.3) is 10.8 Å². The molecule has 0 spiro atoms. The maximum atomic E-state index is 6.11. The first-order chi connectivity index (χ1) is 10.2. The van der Waals surface area contributed by atoms with E-state index in [0.717, 1.165) is 5.02 Å². The number of nitrogens with zero attached hydrogens (tertiary/aromatic N) is 1. The zero-order valence-electron chi connectivity index (χ0n) is 11.6. The summed E-state index contributed by atoms with van der Waals surface area (Å²) in [6.45, 7) is 0. The molecule has 0 N–H and O–H groups in total. The lowest BCUT2D eigenvalue weighted by Gasteiger charge is -2.22. The summed E-state index contributed by atoms with van der Waals surface area (Å²) >= 11 is 8.02. The topological polar surface area (TPSA) is 3.24 Å². The Hall–Kier alpha value is -1.64. The maximum absolute atomic E-state index is 6.11. The van der Waals surface area contributed by atoms with Crippen LogP contribution in [0, 0.1) is 0 Å².